The monoisotopic (exact) mass is 252 g/mol. The highest BCUT2D eigenvalue weighted by Crippen LogP contribution is 2.27. The van der Waals surface area contributed by atoms with Crippen molar-refractivity contribution in [3.8, 4) is 11.5 Å². The van der Waals surface area contributed by atoms with Gasteiger partial charge in [-0.15, -0.1) is 0 Å². The number of hydrogen-bond donors (Lipinski definition) is 0. The lowest BCUT2D eigenvalue weighted by Gasteiger charge is -2.12. The molecule has 0 radical (unpaired) electrons. The summed E-state index contributed by atoms with van der Waals surface area (Å²) >= 11 is 0. The molecule has 4 heteroatoms. The number of rotatable bonds is 8. The first-order valence-corrected chi connectivity index (χ1v) is 6.01. The molecule has 0 fully saturated rings. The van der Waals surface area contributed by atoms with Crippen LogP contribution in [-0.4, -0.2) is 33.2 Å². The number of aldehydes is 1. The summed E-state index contributed by atoms with van der Waals surface area (Å²) in [5.41, 5.74) is 0.564. The molecule has 0 unspecified atom stereocenters. The molecule has 4 nitrogen and oxygen atoms in total. The van der Waals surface area contributed by atoms with Crippen LogP contribution in [0.1, 0.15) is 24.2 Å². The maximum absolute atomic E-state index is 10.7. The van der Waals surface area contributed by atoms with Gasteiger partial charge in [0.1, 0.15) is 12.9 Å². The van der Waals surface area contributed by atoms with Gasteiger partial charge in [-0.1, -0.05) is 13.8 Å². The Morgan fingerprint density at radius 2 is 2.00 bits per heavy atom. The first kappa shape index (κ1) is 14.5. The zero-order valence-corrected chi connectivity index (χ0v) is 11.1. The molecule has 1 aromatic rings. The van der Waals surface area contributed by atoms with Gasteiger partial charge in [0.25, 0.3) is 0 Å². The summed E-state index contributed by atoms with van der Waals surface area (Å²) in [4.78, 5) is 10.7. The highest BCUT2D eigenvalue weighted by atomic mass is 16.5. The van der Waals surface area contributed by atoms with E-state index in [2.05, 4.69) is 13.8 Å². The van der Waals surface area contributed by atoms with E-state index in [9.17, 15) is 4.79 Å². The van der Waals surface area contributed by atoms with Crippen molar-refractivity contribution in [3.63, 3.8) is 0 Å². The number of carbonyl (C=O) groups excluding carboxylic acids is 1. The Bertz CT molecular complexity index is 374. The van der Waals surface area contributed by atoms with Crippen LogP contribution in [0.2, 0.25) is 0 Å². The molecule has 0 bridgehead atoms. The molecular formula is C14H20O4. The molecule has 0 saturated carbocycles. The second kappa shape index (κ2) is 7.71. The van der Waals surface area contributed by atoms with Crippen molar-refractivity contribution in [2.75, 3.05) is 26.9 Å². The van der Waals surface area contributed by atoms with E-state index in [4.69, 9.17) is 14.2 Å². The van der Waals surface area contributed by atoms with Crippen LogP contribution >= 0.6 is 0 Å². The lowest BCUT2D eigenvalue weighted by atomic mass is 10.2. The molecule has 18 heavy (non-hydrogen) atoms. The van der Waals surface area contributed by atoms with Crippen LogP contribution in [0, 0.1) is 5.92 Å². The van der Waals surface area contributed by atoms with Gasteiger partial charge < -0.3 is 14.2 Å². The van der Waals surface area contributed by atoms with Gasteiger partial charge in [-0.2, -0.15) is 0 Å². The van der Waals surface area contributed by atoms with Gasteiger partial charge in [0.05, 0.1) is 13.7 Å². The van der Waals surface area contributed by atoms with Crippen molar-refractivity contribution >= 4 is 6.29 Å². The summed E-state index contributed by atoms with van der Waals surface area (Å²) in [7, 11) is 1.57. The fraction of sp³-hybridized carbons (Fsp3) is 0.500. The van der Waals surface area contributed by atoms with Crippen LogP contribution in [-0.2, 0) is 4.74 Å². The van der Waals surface area contributed by atoms with Gasteiger partial charge in [-0.3, -0.25) is 4.79 Å². The molecule has 100 valence electrons. The van der Waals surface area contributed by atoms with E-state index in [1.54, 1.807) is 25.3 Å². The van der Waals surface area contributed by atoms with Gasteiger partial charge >= 0.3 is 0 Å². The Balaban J connectivity index is 2.47. The molecular weight excluding hydrogens is 232 g/mol. The zero-order valence-electron chi connectivity index (χ0n) is 11.1. The third-order valence-corrected chi connectivity index (χ3v) is 2.26. The van der Waals surface area contributed by atoms with Gasteiger partial charge in [0, 0.05) is 12.2 Å². The number of benzene rings is 1. The van der Waals surface area contributed by atoms with E-state index in [-0.39, 0.29) is 0 Å². The predicted octanol–water partition coefficient (Wildman–Crippen LogP) is 2.56. The molecule has 0 N–H and O–H groups in total. The third-order valence-electron chi connectivity index (χ3n) is 2.26. The smallest absolute Gasteiger partial charge is 0.161 e. The fourth-order valence-corrected chi connectivity index (χ4v) is 1.41. The maximum Gasteiger partial charge on any atom is 0.161 e. The Morgan fingerprint density at radius 3 is 2.61 bits per heavy atom. The highest BCUT2D eigenvalue weighted by Gasteiger charge is 2.05. The summed E-state index contributed by atoms with van der Waals surface area (Å²) in [6.07, 6.45) is 0.779. The average molecular weight is 252 g/mol. The number of methoxy groups -OCH3 is 1. The van der Waals surface area contributed by atoms with Crippen molar-refractivity contribution in [1.82, 2.24) is 0 Å². The lowest BCUT2D eigenvalue weighted by Crippen LogP contribution is -2.10. The molecule has 0 aromatic heterocycles. The van der Waals surface area contributed by atoms with Crippen molar-refractivity contribution in [1.29, 1.82) is 0 Å². The highest BCUT2D eigenvalue weighted by molar-refractivity contribution is 5.76. The predicted molar refractivity (Wildman–Crippen MR) is 69.5 cm³/mol. The van der Waals surface area contributed by atoms with Gasteiger partial charge in [0.15, 0.2) is 11.5 Å². The molecule has 0 atom stereocenters. The van der Waals surface area contributed by atoms with Crippen molar-refractivity contribution in [2.24, 2.45) is 5.92 Å². The first-order valence-electron chi connectivity index (χ1n) is 6.01. The average Bonchev–Trinajstić information content (AvgIpc) is 2.37. The van der Waals surface area contributed by atoms with Crippen LogP contribution in [0.15, 0.2) is 18.2 Å². The summed E-state index contributed by atoms with van der Waals surface area (Å²) in [6.45, 7) is 5.86. The molecule has 0 heterocycles. The van der Waals surface area contributed by atoms with E-state index in [0.29, 0.717) is 36.2 Å². The molecule has 0 saturated heterocycles. The van der Waals surface area contributed by atoms with Crippen LogP contribution in [0.25, 0.3) is 0 Å². The van der Waals surface area contributed by atoms with Crippen LogP contribution in [0.4, 0.5) is 0 Å². The second-order valence-electron chi connectivity index (χ2n) is 4.35. The molecule has 0 aliphatic carbocycles. The van der Waals surface area contributed by atoms with E-state index < -0.39 is 0 Å². The minimum Gasteiger partial charge on any atom is -0.493 e. The van der Waals surface area contributed by atoms with Crippen LogP contribution in [0.3, 0.4) is 0 Å². The van der Waals surface area contributed by atoms with Crippen molar-refractivity contribution < 1.29 is 19.0 Å². The SMILES string of the molecule is COc1ccc(C=O)cc1OCCOCC(C)C. The fourth-order valence-electron chi connectivity index (χ4n) is 1.41. The quantitative estimate of drug-likeness (QED) is 0.527. The maximum atomic E-state index is 10.7. The Hall–Kier alpha value is -1.55. The Labute approximate surface area is 108 Å². The topological polar surface area (TPSA) is 44.8 Å². The van der Waals surface area contributed by atoms with E-state index in [1.807, 2.05) is 0 Å². The molecule has 1 rings (SSSR count). The van der Waals surface area contributed by atoms with E-state index in [1.165, 1.54) is 0 Å². The summed E-state index contributed by atoms with van der Waals surface area (Å²) in [6, 6.07) is 5.07. The normalized spacial score (nSPS) is 10.4. The zero-order chi connectivity index (χ0) is 13.4. The minimum atomic E-state index is 0.436. The molecule has 0 aliphatic heterocycles. The lowest BCUT2D eigenvalue weighted by molar-refractivity contribution is 0.0810. The second-order valence-corrected chi connectivity index (χ2v) is 4.35. The van der Waals surface area contributed by atoms with Crippen LogP contribution in [0.5, 0.6) is 11.5 Å². The summed E-state index contributed by atoms with van der Waals surface area (Å²) in [5.74, 6) is 1.69. The van der Waals surface area contributed by atoms with E-state index >= 15 is 0 Å². The number of hydrogen-bond acceptors (Lipinski definition) is 4. The molecule has 1 aromatic carbocycles. The van der Waals surface area contributed by atoms with E-state index in [0.717, 1.165) is 12.9 Å². The number of ether oxygens (including phenoxy) is 3. The van der Waals surface area contributed by atoms with Gasteiger partial charge in [-0.05, 0) is 24.1 Å². The van der Waals surface area contributed by atoms with Crippen molar-refractivity contribution in [2.45, 2.75) is 13.8 Å². The third kappa shape index (κ3) is 4.75. The molecule has 0 spiro atoms. The first-order chi connectivity index (χ1) is 8.67. The molecule has 0 aliphatic rings. The number of carbonyl (C=O) groups is 1. The van der Waals surface area contributed by atoms with Gasteiger partial charge in [-0.25, -0.2) is 0 Å². The Kier molecular flexibility index (Phi) is 6.22. The standard InChI is InChI=1S/C14H20O4/c1-11(2)10-17-6-7-18-14-8-12(9-15)4-5-13(14)16-3/h4-5,8-9,11H,6-7,10H2,1-3H3. The summed E-state index contributed by atoms with van der Waals surface area (Å²) < 4.78 is 16.1. The minimum absolute atomic E-state index is 0.436. The Morgan fingerprint density at radius 1 is 1.22 bits per heavy atom. The summed E-state index contributed by atoms with van der Waals surface area (Å²) in [5, 5.41) is 0. The largest absolute Gasteiger partial charge is 0.493 e. The molecule has 0 amide bonds. The van der Waals surface area contributed by atoms with Gasteiger partial charge in [0.2, 0.25) is 0 Å². The van der Waals surface area contributed by atoms with Crippen LogP contribution < -0.4 is 9.47 Å². The van der Waals surface area contributed by atoms with Crippen molar-refractivity contribution in [3.05, 3.63) is 23.8 Å².